The molecule has 1 atom stereocenters. The van der Waals surface area contributed by atoms with Crippen molar-refractivity contribution in [1.82, 2.24) is 5.32 Å². The molecule has 1 aromatic rings. The Morgan fingerprint density at radius 2 is 2.35 bits per heavy atom. The van der Waals surface area contributed by atoms with Gasteiger partial charge in [-0.15, -0.1) is 0 Å². The molecule has 0 amide bonds. The summed E-state index contributed by atoms with van der Waals surface area (Å²) in [6.07, 6.45) is 2.14. The predicted octanol–water partition coefficient (Wildman–Crippen LogP) is 3.25. The highest BCUT2D eigenvalue weighted by Crippen LogP contribution is 2.20. The van der Waals surface area contributed by atoms with E-state index in [1.807, 2.05) is 6.07 Å². The molecule has 17 heavy (non-hydrogen) atoms. The maximum atomic E-state index is 13.6. The fraction of sp³-hybridized carbons (Fsp3) is 0.538. The van der Waals surface area contributed by atoms with Gasteiger partial charge >= 0.3 is 0 Å². The highest BCUT2D eigenvalue weighted by atomic mass is 79.9. The van der Waals surface area contributed by atoms with Gasteiger partial charge in [0.15, 0.2) is 0 Å². The fourth-order valence-electron chi connectivity index (χ4n) is 2.05. The summed E-state index contributed by atoms with van der Waals surface area (Å²) >= 11 is 3.25. The standard InChI is InChI=1S/C13H17BrFNO/c1-13(5-2-6-17-9-13)16-8-10-3-4-11(14)7-12(10)15/h3-4,7,16H,2,5-6,8-9H2,1H3. The summed E-state index contributed by atoms with van der Waals surface area (Å²) in [6, 6.07) is 5.16. The second kappa shape index (κ2) is 5.46. The van der Waals surface area contributed by atoms with E-state index >= 15 is 0 Å². The molecule has 1 aliphatic heterocycles. The van der Waals surface area contributed by atoms with Gasteiger partial charge in [-0.25, -0.2) is 4.39 Å². The molecule has 94 valence electrons. The van der Waals surface area contributed by atoms with Crippen molar-refractivity contribution in [3.05, 3.63) is 34.1 Å². The monoisotopic (exact) mass is 301 g/mol. The van der Waals surface area contributed by atoms with Gasteiger partial charge in [0.05, 0.1) is 6.61 Å². The topological polar surface area (TPSA) is 21.3 Å². The third-order valence-electron chi connectivity index (χ3n) is 3.16. The van der Waals surface area contributed by atoms with Gasteiger partial charge in [-0.1, -0.05) is 22.0 Å². The summed E-state index contributed by atoms with van der Waals surface area (Å²) in [5.41, 5.74) is 0.664. The first kappa shape index (κ1) is 13.0. The molecule has 1 heterocycles. The third-order valence-corrected chi connectivity index (χ3v) is 3.65. The summed E-state index contributed by atoms with van der Waals surface area (Å²) in [5.74, 6) is -0.174. The molecule has 2 nitrogen and oxygen atoms in total. The average Bonchev–Trinajstić information content (AvgIpc) is 2.29. The highest BCUT2D eigenvalue weighted by molar-refractivity contribution is 9.10. The SMILES string of the molecule is CC1(NCc2ccc(Br)cc2F)CCCOC1. The van der Waals surface area contributed by atoms with E-state index < -0.39 is 0 Å². The number of nitrogens with one attached hydrogen (secondary N) is 1. The summed E-state index contributed by atoms with van der Waals surface area (Å²) < 4.78 is 19.9. The molecule has 1 aromatic carbocycles. The molecule has 0 aromatic heterocycles. The molecule has 0 aliphatic carbocycles. The van der Waals surface area contributed by atoms with E-state index in [4.69, 9.17) is 4.74 Å². The molecule has 0 radical (unpaired) electrons. The van der Waals surface area contributed by atoms with Crippen molar-refractivity contribution in [2.75, 3.05) is 13.2 Å². The lowest BCUT2D eigenvalue weighted by Gasteiger charge is -2.34. The number of hydrogen-bond acceptors (Lipinski definition) is 2. The van der Waals surface area contributed by atoms with Crippen LogP contribution in [0.15, 0.2) is 22.7 Å². The normalized spacial score (nSPS) is 24.9. The minimum absolute atomic E-state index is 0.0300. The number of halogens is 2. The van der Waals surface area contributed by atoms with Gasteiger partial charge in [-0.05, 0) is 31.9 Å². The molecule has 1 saturated heterocycles. The molecule has 4 heteroatoms. The first-order valence-corrected chi connectivity index (χ1v) is 6.65. The number of hydrogen-bond donors (Lipinski definition) is 1. The largest absolute Gasteiger partial charge is 0.380 e. The molecular formula is C13H17BrFNO. The molecule has 0 spiro atoms. The van der Waals surface area contributed by atoms with Crippen molar-refractivity contribution < 1.29 is 9.13 Å². The number of benzene rings is 1. The van der Waals surface area contributed by atoms with Gasteiger partial charge in [0.2, 0.25) is 0 Å². The molecule has 1 unspecified atom stereocenters. The van der Waals surface area contributed by atoms with Crippen LogP contribution in [0.5, 0.6) is 0 Å². The number of rotatable bonds is 3. The Labute approximate surface area is 110 Å². The second-order valence-corrected chi connectivity index (χ2v) is 5.72. The first-order chi connectivity index (χ1) is 8.09. The van der Waals surface area contributed by atoms with E-state index in [-0.39, 0.29) is 11.4 Å². The average molecular weight is 302 g/mol. The zero-order chi connectivity index (χ0) is 12.3. The van der Waals surface area contributed by atoms with Crippen LogP contribution in [0, 0.1) is 5.82 Å². The van der Waals surface area contributed by atoms with E-state index in [0.717, 1.165) is 23.9 Å². The molecule has 1 fully saturated rings. The zero-order valence-electron chi connectivity index (χ0n) is 9.93. The van der Waals surface area contributed by atoms with Gasteiger partial charge in [0, 0.05) is 28.7 Å². The maximum Gasteiger partial charge on any atom is 0.128 e. The van der Waals surface area contributed by atoms with Crippen LogP contribution in [-0.4, -0.2) is 18.8 Å². The van der Waals surface area contributed by atoms with E-state index in [9.17, 15) is 4.39 Å². The summed E-state index contributed by atoms with van der Waals surface area (Å²) in [5, 5.41) is 3.39. The minimum atomic E-state index is -0.174. The van der Waals surface area contributed by atoms with Gasteiger partial charge in [-0.3, -0.25) is 0 Å². The van der Waals surface area contributed by atoms with Crippen LogP contribution in [0.4, 0.5) is 4.39 Å². The van der Waals surface area contributed by atoms with Crippen LogP contribution in [0.2, 0.25) is 0 Å². The summed E-state index contributed by atoms with van der Waals surface area (Å²) in [6.45, 7) is 4.21. The lowest BCUT2D eigenvalue weighted by Crippen LogP contribution is -2.48. The Morgan fingerprint density at radius 1 is 1.53 bits per heavy atom. The van der Waals surface area contributed by atoms with Gasteiger partial charge in [-0.2, -0.15) is 0 Å². The van der Waals surface area contributed by atoms with Gasteiger partial charge in [0.1, 0.15) is 5.82 Å². The molecule has 1 N–H and O–H groups in total. The second-order valence-electron chi connectivity index (χ2n) is 4.81. The Kier molecular flexibility index (Phi) is 4.17. The Hall–Kier alpha value is -0.450. The van der Waals surface area contributed by atoms with Crippen molar-refractivity contribution >= 4 is 15.9 Å². The van der Waals surface area contributed by atoms with E-state index in [1.54, 1.807) is 6.07 Å². The Bertz CT molecular complexity index is 391. The smallest absolute Gasteiger partial charge is 0.128 e. The first-order valence-electron chi connectivity index (χ1n) is 5.86. The van der Waals surface area contributed by atoms with Gasteiger partial charge < -0.3 is 10.1 Å². The van der Waals surface area contributed by atoms with Crippen LogP contribution >= 0.6 is 15.9 Å². The minimum Gasteiger partial charge on any atom is -0.380 e. The van der Waals surface area contributed by atoms with Crippen LogP contribution in [0.3, 0.4) is 0 Å². The van der Waals surface area contributed by atoms with Crippen molar-refractivity contribution in [2.45, 2.75) is 31.8 Å². The third kappa shape index (κ3) is 3.50. The zero-order valence-corrected chi connectivity index (χ0v) is 11.5. The Morgan fingerprint density at radius 3 is 3.00 bits per heavy atom. The lowest BCUT2D eigenvalue weighted by molar-refractivity contribution is 0.0276. The van der Waals surface area contributed by atoms with Crippen molar-refractivity contribution in [2.24, 2.45) is 0 Å². The predicted molar refractivity (Wildman–Crippen MR) is 69.4 cm³/mol. The Balaban J connectivity index is 1.97. The van der Waals surface area contributed by atoms with Crippen molar-refractivity contribution in [3.63, 3.8) is 0 Å². The fourth-order valence-corrected chi connectivity index (χ4v) is 2.38. The molecule has 1 aliphatic rings. The van der Waals surface area contributed by atoms with Crippen LogP contribution in [-0.2, 0) is 11.3 Å². The maximum absolute atomic E-state index is 13.6. The van der Waals surface area contributed by atoms with Crippen molar-refractivity contribution in [1.29, 1.82) is 0 Å². The molecular weight excluding hydrogens is 285 g/mol. The van der Waals surface area contributed by atoms with E-state index in [0.29, 0.717) is 18.7 Å². The van der Waals surface area contributed by atoms with Crippen LogP contribution in [0.25, 0.3) is 0 Å². The van der Waals surface area contributed by atoms with Gasteiger partial charge in [0.25, 0.3) is 0 Å². The summed E-state index contributed by atoms with van der Waals surface area (Å²) in [7, 11) is 0. The molecule has 2 rings (SSSR count). The van der Waals surface area contributed by atoms with Crippen LogP contribution < -0.4 is 5.32 Å². The van der Waals surface area contributed by atoms with E-state index in [1.165, 1.54) is 6.07 Å². The van der Waals surface area contributed by atoms with E-state index in [2.05, 4.69) is 28.2 Å². The summed E-state index contributed by atoms with van der Waals surface area (Å²) in [4.78, 5) is 0. The van der Waals surface area contributed by atoms with Crippen molar-refractivity contribution in [3.8, 4) is 0 Å². The quantitative estimate of drug-likeness (QED) is 0.925. The van der Waals surface area contributed by atoms with Crippen LogP contribution in [0.1, 0.15) is 25.3 Å². The number of ether oxygens (including phenoxy) is 1. The molecule has 0 bridgehead atoms. The highest BCUT2D eigenvalue weighted by Gasteiger charge is 2.26. The lowest BCUT2D eigenvalue weighted by atomic mass is 9.94. The molecule has 0 saturated carbocycles.